The van der Waals surface area contributed by atoms with Crippen LogP contribution < -0.4 is 4.74 Å². The Hall–Kier alpha value is -4.39. The zero-order chi connectivity index (χ0) is 23.7. The smallest absolute Gasteiger partial charge is 0.295 e. The molecule has 4 aromatic rings. The summed E-state index contributed by atoms with van der Waals surface area (Å²) >= 11 is 0. The summed E-state index contributed by atoms with van der Waals surface area (Å²) in [5.74, 6) is -0.779. The Morgan fingerprint density at radius 1 is 1.12 bits per heavy atom. The number of benzene rings is 2. The molecule has 1 atom stereocenters. The first kappa shape index (κ1) is 21.5. The second-order valence-corrected chi connectivity index (χ2v) is 8.12. The summed E-state index contributed by atoms with van der Waals surface area (Å²) in [5, 5.41) is 12.0. The number of nitrogens with one attached hydrogen (secondary N) is 1. The van der Waals surface area contributed by atoms with E-state index in [1.165, 1.54) is 4.90 Å². The van der Waals surface area contributed by atoms with Crippen LogP contribution in [0.4, 0.5) is 0 Å². The molecule has 2 N–H and O–H groups in total. The molecule has 1 saturated heterocycles. The molecule has 1 fully saturated rings. The van der Waals surface area contributed by atoms with Gasteiger partial charge in [-0.2, -0.15) is 0 Å². The average Bonchev–Trinajstić information content (AvgIpc) is 3.40. The summed E-state index contributed by atoms with van der Waals surface area (Å²) in [6, 6.07) is 17.4. The van der Waals surface area contributed by atoms with Crippen LogP contribution in [0.5, 0.6) is 5.75 Å². The number of ether oxygens (including phenoxy) is 1. The molecule has 7 heteroatoms. The predicted molar refractivity (Wildman–Crippen MR) is 128 cm³/mol. The minimum atomic E-state index is -0.728. The molecule has 1 amide bonds. The number of H-pyrrole nitrogens is 1. The van der Waals surface area contributed by atoms with Gasteiger partial charge in [0.2, 0.25) is 0 Å². The van der Waals surface area contributed by atoms with Crippen LogP contribution in [0.3, 0.4) is 0 Å². The molecule has 7 nitrogen and oxygen atoms in total. The largest absolute Gasteiger partial charge is 0.507 e. The quantitative estimate of drug-likeness (QED) is 0.259. The summed E-state index contributed by atoms with van der Waals surface area (Å²) in [6.45, 7) is 0.292. The lowest BCUT2D eigenvalue weighted by molar-refractivity contribution is -0.139. The number of Topliss-reactive ketones (excluding diaryl/α,β-unsaturated/α-hetero) is 1. The van der Waals surface area contributed by atoms with Crippen molar-refractivity contribution in [3.63, 3.8) is 0 Å². The zero-order valence-electron chi connectivity index (χ0n) is 18.6. The average molecular weight is 453 g/mol. The van der Waals surface area contributed by atoms with Gasteiger partial charge in [-0.15, -0.1) is 0 Å². The van der Waals surface area contributed by atoms with Gasteiger partial charge in [0.15, 0.2) is 0 Å². The topological polar surface area (TPSA) is 95.5 Å². The number of ketones is 1. The van der Waals surface area contributed by atoms with Gasteiger partial charge < -0.3 is 19.7 Å². The molecule has 170 valence electrons. The summed E-state index contributed by atoms with van der Waals surface area (Å²) in [4.78, 5) is 35.2. The molecule has 0 spiro atoms. The fourth-order valence-electron chi connectivity index (χ4n) is 4.48. The number of aromatic amines is 1. The third-order valence-corrected chi connectivity index (χ3v) is 6.18. The van der Waals surface area contributed by atoms with Crippen molar-refractivity contribution in [1.29, 1.82) is 0 Å². The maximum Gasteiger partial charge on any atom is 0.295 e. The van der Waals surface area contributed by atoms with E-state index in [0.29, 0.717) is 24.1 Å². The number of likely N-dealkylation sites (tertiary alicyclic amines) is 1. The van der Waals surface area contributed by atoms with Crippen molar-refractivity contribution in [2.24, 2.45) is 0 Å². The molecule has 2 aromatic carbocycles. The van der Waals surface area contributed by atoms with Crippen LogP contribution in [0.15, 0.2) is 84.8 Å². The molecule has 0 unspecified atom stereocenters. The Labute approximate surface area is 196 Å². The van der Waals surface area contributed by atoms with Gasteiger partial charge in [-0.3, -0.25) is 14.6 Å². The van der Waals surface area contributed by atoms with Crippen molar-refractivity contribution >= 4 is 28.4 Å². The van der Waals surface area contributed by atoms with Gasteiger partial charge >= 0.3 is 0 Å². The van der Waals surface area contributed by atoms with Gasteiger partial charge in [0.25, 0.3) is 11.7 Å². The third-order valence-electron chi connectivity index (χ3n) is 6.18. The fourth-order valence-corrected chi connectivity index (χ4v) is 4.48. The van der Waals surface area contributed by atoms with Crippen LogP contribution in [0.2, 0.25) is 0 Å². The van der Waals surface area contributed by atoms with E-state index in [9.17, 15) is 14.7 Å². The highest BCUT2D eigenvalue weighted by Crippen LogP contribution is 2.39. The zero-order valence-corrected chi connectivity index (χ0v) is 18.6. The lowest BCUT2D eigenvalue weighted by Crippen LogP contribution is -2.31. The van der Waals surface area contributed by atoms with Gasteiger partial charge in [-0.05, 0) is 41.8 Å². The second-order valence-electron chi connectivity index (χ2n) is 8.12. The molecule has 3 heterocycles. The number of fused-ring (bicyclic) bond motifs is 1. The van der Waals surface area contributed by atoms with Crippen LogP contribution >= 0.6 is 0 Å². The number of amides is 1. The van der Waals surface area contributed by atoms with Crippen molar-refractivity contribution < 1.29 is 19.4 Å². The Morgan fingerprint density at radius 3 is 2.68 bits per heavy atom. The van der Waals surface area contributed by atoms with E-state index in [0.717, 1.165) is 22.2 Å². The molecule has 34 heavy (non-hydrogen) atoms. The third kappa shape index (κ3) is 3.71. The summed E-state index contributed by atoms with van der Waals surface area (Å²) in [5.41, 5.74) is 3.19. The van der Waals surface area contributed by atoms with E-state index in [2.05, 4.69) is 9.97 Å². The monoisotopic (exact) mass is 453 g/mol. The molecular formula is C27H23N3O4. The highest BCUT2D eigenvalue weighted by atomic mass is 16.5. The standard InChI is InChI=1S/C27H23N3O4/c1-34-20-9-10-22-21(14-20)18(16-29-22)11-13-30-24(19-8-5-12-28-15-19)23(26(32)27(30)33)25(31)17-6-3-2-4-7-17/h2-10,12,14-16,24,29,31H,11,13H2,1H3/t24-/m1/s1. The highest BCUT2D eigenvalue weighted by Gasteiger charge is 2.46. The van der Waals surface area contributed by atoms with Crippen LogP contribution in [-0.2, 0) is 16.0 Å². The van der Waals surface area contributed by atoms with Crippen molar-refractivity contribution in [3.8, 4) is 5.75 Å². The number of hydrogen-bond donors (Lipinski definition) is 2. The van der Waals surface area contributed by atoms with E-state index < -0.39 is 17.7 Å². The number of aliphatic hydroxyl groups is 1. The minimum absolute atomic E-state index is 0.0739. The van der Waals surface area contributed by atoms with Crippen molar-refractivity contribution in [3.05, 3.63) is 102 Å². The van der Waals surface area contributed by atoms with Crippen LogP contribution in [-0.4, -0.2) is 45.3 Å². The van der Waals surface area contributed by atoms with E-state index >= 15 is 0 Å². The van der Waals surface area contributed by atoms with Crippen LogP contribution in [0, 0.1) is 0 Å². The first-order chi connectivity index (χ1) is 16.6. The number of pyridine rings is 1. The molecule has 0 radical (unpaired) electrons. The van der Waals surface area contributed by atoms with Crippen LogP contribution in [0.1, 0.15) is 22.7 Å². The van der Waals surface area contributed by atoms with E-state index in [1.807, 2.05) is 36.5 Å². The number of carbonyl (C=O) groups is 2. The molecular weight excluding hydrogens is 430 g/mol. The number of rotatable bonds is 6. The first-order valence-corrected chi connectivity index (χ1v) is 11.0. The predicted octanol–water partition coefficient (Wildman–Crippen LogP) is 4.24. The Bertz CT molecular complexity index is 1390. The number of aromatic nitrogens is 2. The number of nitrogens with zero attached hydrogens (tertiary/aromatic N) is 2. The van der Waals surface area contributed by atoms with Gasteiger partial charge in [-0.1, -0.05) is 36.4 Å². The minimum Gasteiger partial charge on any atom is -0.507 e. The van der Waals surface area contributed by atoms with Crippen LogP contribution in [0.25, 0.3) is 16.7 Å². The van der Waals surface area contributed by atoms with E-state index in [-0.39, 0.29) is 11.3 Å². The lowest BCUT2D eigenvalue weighted by Gasteiger charge is -2.25. The Balaban J connectivity index is 1.54. The van der Waals surface area contributed by atoms with Gasteiger partial charge in [0.05, 0.1) is 18.7 Å². The van der Waals surface area contributed by atoms with E-state index in [4.69, 9.17) is 4.74 Å². The Morgan fingerprint density at radius 2 is 1.94 bits per heavy atom. The van der Waals surface area contributed by atoms with E-state index in [1.54, 1.807) is 49.8 Å². The van der Waals surface area contributed by atoms with Gasteiger partial charge in [0.1, 0.15) is 11.5 Å². The number of methoxy groups -OCH3 is 1. The SMILES string of the molecule is COc1ccc2[nH]cc(CCN3C(=O)C(=O)C(=C(O)c4ccccc4)[C@H]3c3cccnc3)c2c1. The highest BCUT2D eigenvalue weighted by molar-refractivity contribution is 6.46. The number of carbonyl (C=O) groups excluding carboxylic acids is 2. The Kier molecular flexibility index (Phi) is 5.59. The molecule has 0 bridgehead atoms. The lowest BCUT2D eigenvalue weighted by atomic mass is 9.96. The van der Waals surface area contributed by atoms with Crippen molar-refractivity contribution in [1.82, 2.24) is 14.9 Å². The summed E-state index contributed by atoms with van der Waals surface area (Å²) in [6.07, 6.45) is 5.68. The molecule has 1 aliphatic rings. The maximum absolute atomic E-state index is 13.1. The van der Waals surface area contributed by atoms with Gasteiger partial charge in [-0.25, -0.2) is 0 Å². The first-order valence-electron chi connectivity index (χ1n) is 11.0. The molecule has 1 aliphatic heterocycles. The second kappa shape index (κ2) is 8.86. The normalized spacial score (nSPS) is 17.4. The molecule has 0 saturated carbocycles. The summed E-state index contributed by atoms with van der Waals surface area (Å²) in [7, 11) is 1.62. The fraction of sp³-hybridized carbons (Fsp3) is 0.148. The number of hydrogen-bond acceptors (Lipinski definition) is 5. The van der Waals surface area contributed by atoms with Gasteiger partial charge in [0, 0.05) is 41.6 Å². The van der Waals surface area contributed by atoms with Crippen molar-refractivity contribution in [2.45, 2.75) is 12.5 Å². The molecule has 5 rings (SSSR count). The van der Waals surface area contributed by atoms with Crippen molar-refractivity contribution in [2.75, 3.05) is 13.7 Å². The molecule has 2 aromatic heterocycles. The summed E-state index contributed by atoms with van der Waals surface area (Å²) < 4.78 is 5.35. The number of aliphatic hydroxyl groups excluding tert-OH is 1. The molecule has 0 aliphatic carbocycles. The maximum atomic E-state index is 13.1.